The fourth-order valence-electron chi connectivity index (χ4n) is 15.6. The average molecular weight is 969 g/mol. The van der Waals surface area contributed by atoms with E-state index in [0.29, 0.717) is 0 Å². The first-order valence-electron chi connectivity index (χ1n) is 27.0. The molecular weight excluding hydrogens is 913 g/mol. The van der Waals surface area contributed by atoms with Gasteiger partial charge in [0.2, 0.25) is 0 Å². The quantitative estimate of drug-likeness (QED) is 0.0750. The van der Waals surface area contributed by atoms with Crippen LogP contribution >= 0.6 is 0 Å². The molecule has 1 aliphatic carbocycles. The number of anilines is 6. The Morgan fingerprint density at radius 2 is 0.822 bits per heavy atom. The normalized spacial score (nSPS) is 17.5. The molecule has 0 N–H and O–H groups in total. The Labute approximate surface area is 430 Å². The number of nitrogens with zero attached hydrogens (tertiary/aromatic N) is 2. The Bertz CT molecular complexity index is 4050. The summed E-state index contributed by atoms with van der Waals surface area (Å²) >= 11 is 0. The molecule has 0 unspecified atom stereocenters. The molecule has 2 nitrogen and oxygen atoms in total. The number of hydrogen-bond acceptors (Lipinski definition) is 2. The van der Waals surface area contributed by atoms with Gasteiger partial charge in [0.1, 0.15) is 16.1 Å². The monoisotopic (exact) mass is 968 g/mol. The van der Waals surface area contributed by atoms with Crippen molar-refractivity contribution in [2.75, 3.05) is 9.80 Å². The van der Waals surface area contributed by atoms with E-state index in [1.165, 1.54) is 160 Å². The third kappa shape index (κ3) is 5.63. The first kappa shape index (κ1) is 42.0. The SMILES string of the molecule is CC1(C)c2cc(C=Cc3ccc4c5cccc6c(N7c8ccccc8[Si]8(CCCC8)c8ccccc87)ccc(c7cccc3c47)c65)ccc2-c2ccc(N3c4ccccc4[Si]4(CCCC4)c4ccccc43)cc21. The Hall–Kier alpha value is -7.51. The van der Waals surface area contributed by atoms with Crippen molar-refractivity contribution in [1.82, 2.24) is 0 Å². The van der Waals surface area contributed by atoms with Gasteiger partial charge in [0.15, 0.2) is 0 Å². The van der Waals surface area contributed by atoms with E-state index in [4.69, 9.17) is 0 Å². The molecule has 4 heterocycles. The molecule has 350 valence electrons. The van der Waals surface area contributed by atoms with E-state index in [-0.39, 0.29) is 5.41 Å². The van der Waals surface area contributed by atoms with Crippen LogP contribution in [-0.2, 0) is 5.41 Å². The summed E-state index contributed by atoms with van der Waals surface area (Å²) in [7, 11) is -3.63. The van der Waals surface area contributed by atoms with E-state index in [1.807, 2.05) is 0 Å². The molecule has 2 spiro atoms. The second-order valence-electron chi connectivity index (χ2n) is 22.6. The van der Waals surface area contributed by atoms with Crippen LogP contribution in [0.15, 0.2) is 194 Å². The van der Waals surface area contributed by atoms with Crippen molar-refractivity contribution in [2.45, 2.75) is 69.1 Å². The van der Waals surface area contributed by atoms with E-state index >= 15 is 0 Å². The summed E-state index contributed by atoms with van der Waals surface area (Å²) in [6.07, 6.45) is 10.1. The molecule has 16 rings (SSSR count). The van der Waals surface area contributed by atoms with Crippen molar-refractivity contribution < 1.29 is 0 Å². The summed E-state index contributed by atoms with van der Waals surface area (Å²) in [4.78, 5) is 5.20. The number of fused-ring (bicyclic) bond motifs is 13. The zero-order valence-corrected chi connectivity index (χ0v) is 43.7. The molecule has 5 aliphatic rings. The maximum Gasteiger partial charge on any atom is 0.123 e. The highest BCUT2D eigenvalue weighted by Crippen LogP contribution is 2.53. The van der Waals surface area contributed by atoms with Gasteiger partial charge in [-0.25, -0.2) is 0 Å². The number of benzene rings is 11. The fourth-order valence-corrected chi connectivity index (χ4v) is 26.7. The fraction of sp³-hybridized carbons (Fsp3) is 0.159. The maximum absolute atomic E-state index is 2.61. The van der Waals surface area contributed by atoms with Gasteiger partial charge in [-0.1, -0.05) is 203 Å². The van der Waals surface area contributed by atoms with E-state index in [1.54, 1.807) is 20.7 Å². The minimum Gasteiger partial charge on any atom is -0.311 e. The first-order valence-corrected chi connectivity index (χ1v) is 31.8. The van der Waals surface area contributed by atoms with Crippen molar-refractivity contribution in [2.24, 2.45) is 0 Å². The van der Waals surface area contributed by atoms with Gasteiger partial charge in [-0.2, -0.15) is 0 Å². The predicted molar refractivity (Wildman–Crippen MR) is 318 cm³/mol. The van der Waals surface area contributed by atoms with Crippen LogP contribution in [0.5, 0.6) is 0 Å². The molecule has 0 radical (unpaired) electrons. The number of para-hydroxylation sites is 4. The topological polar surface area (TPSA) is 6.48 Å². The van der Waals surface area contributed by atoms with Crippen LogP contribution in [0.1, 0.15) is 61.8 Å². The van der Waals surface area contributed by atoms with Crippen molar-refractivity contribution in [3.05, 3.63) is 216 Å². The molecule has 0 saturated carbocycles. The molecule has 4 heteroatoms. The van der Waals surface area contributed by atoms with E-state index in [0.717, 1.165) is 0 Å². The molecule has 11 aromatic rings. The second-order valence-corrected chi connectivity index (χ2v) is 31.1. The molecule has 0 atom stereocenters. The lowest BCUT2D eigenvalue weighted by Crippen LogP contribution is -2.60. The predicted octanol–water partition coefficient (Wildman–Crippen LogP) is 16.5. The Morgan fingerprint density at radius 3 is 1.40 bits per heavy atom. The van der Waals surface area contributed by atoms with Gasteiger partial charge in [-0.15, -0.1) is 0 Å². The van der Waals surface area contributed by atoms with E-state index < -0.39 is 16.1 Å². The Morgan fingerprint density at radius 1 is 0.370 bits per heavy atom. The van der Waals surface area contributed by atoms with Crippen molar-refractivity contribution >= 4 is 126 Å². The Kier molecular flexibility index (Phi) is 8.79. The van der Waals surface area contributed by atoms with Crippen molar-refractivity contribution in [3.63, 3.8) is 0 Å². The third-order valence-corrected chi connectivity index (χ3v) is 29.5. The van der Waals surface area contributed by atoms with Crippen LogP contribution in [0.3, 0.4) is 0 Å². The third-order valence-electron chi connectivity index (χ3n) is 18.9. The van der Waals surface area contributed by atoms with Gasteiger partial charge in [-0.05, 0) is 158 Å². The van der Waals surface area contributed by atoms with Crippen LogP contribution in [0.2, 0.25) is 24.2 Å². The first-order chi connectivity index (χ1) is 35.9. The van der Waals surface area contributed by atoms with Gasteiger partial charge in [0, 0.05) is 39.2 Å². The maximum atomic E-state index is 2.61. The molecule has 0 bridgehead atoms. The molecule has 73 heavy (non-hydrogen) atoms. The largest absolute Gasteiger partial charge is 0.311 e. The summed E-state index contributed by atoms with van der Waals surface area (Å²) in [5.74, 6) is 0. The molecule has 11 aromatic carbocycles. The van der Waals surface area contributed by atoms with Gasteiger partial charge in [0.05, 0.1) is 5.69 Å². The lowest BCUT2D eigenvalue weighted by Gasteiger charge is -2.43. The number of rotatable bonds is 4. The summed E-state index contributed by atoms with van der Waals surface area (Å²) in [6.45, 7) is 4.86. The average Bonchev–Trinajstić information content (AvgIpc) is 4.20. The summed E-state index contributed by atoms with van der Waals surface area (Å²) in [5.41, 5.74) is 15.9. The Balaban J connectivity index is 0.767. The zero-order chi connectivity index (χ0) is 48.2. The molecule has 2 saturated heterocycles. The van der Waals surface area contributed by atoms with Crippen LogP contribution in [0.4, 0.5) is 34.1 Å². The minimum absolute atomic E-state index is 0.157. The van der Waals surface area contributed by atoms with E-state index in [9.17, 15) is 0 Å². The van der Waals surface area contributed by atoms with Gasteiger partial charge >= 0.3 is 0 Å². The van der Waals surface area contributed by atoms with Crippen molar-refractivity contribution in [1.29, 1.82) is 0 Å². The molecule has 0 amide bonds. The van der Waals surface area contributed by atoms with Crippen LogP contribution in [-0.4, -0.2) is 16.1 Å². The smallest absolute Gasteiger partial charge is 0.123 e. The summed E-state index contributed by atoms with van der Waals surface area (Å²) in [5, 5.41) is 17.1. The standard InChI is InChI=1S/C69H56N2Si2/c1-69(2)56-43-45(30-34-49(56)50-36-33-47(44-57(50)69)70-59-21-3-7-25-63(59)72(39-11-12-40-72)64-26-8-4-22-60(64)70)29-31-46-32-35-53-52-19-16-20-55-58(38-37-54(68(52)55)51-18-15-17-48(46)67(51)53)71-61-23-5-9-27-65(61)73(41-13-14-42-73)66-28-10-6-24-62(66)71/h3-10,15-38,43-44H,11-14,39-42H2,1-2H3. The highest BCUT2D eigenvalue weighted by atomic mass is 28.3. The molecule has 2 fully saturated rings. The van der Waals surface area contributed by atoms with Crippen LogP contribution < -0.4 is 30.5 Å². The van der Waals surface area contributed by atoms with Crippen LogP contribution in [0, 0.1) is 0 Å². The van der Waals surface area contributed by atoms with E-state index in [2.05, 4.69) is 230 Å². The molecule has 0 aromatic heterocycles. The van der Waals surface area contributed by atoms with Gasteiger partial charge in [-0.3, -0.25) is 0 Å². The zero-order valence-electron chi connectivity index (χ0n) is 41.7. The second kappa shape index (κ2) is 15.3. The molecular formula is C69H56N2Si2. The summed E-state index contributed by atoms with van der Waals surface area (Å²) in [6, 6.07) is 81.1. The lowest BCUT2D eigenvalue weighted by molar-refractivity contribution is 0.660. The number of hydrogen-bond donors (Lipinski definition) is 0. The minimum atomic E-state index is -1.84. The van der Waals surface area contributed by atoms with Gasteiger partial charge in [0.25, 0.3) is 0 Å². The highest BCUT2D eigenvalue weighted by Gasteiger charge is 2.49. The molecule has 4 aliphatic heterocycles. The van der Waals surface area contributed by atoms with Crippen molar-refractivity contribution in [3.8, 4) is 11.1 Å². The van der Waals surface area contributed by atoms with Crippen LogP contribution in [0.25, 0.3) is 66.4 Å². The lowest BCUT2D eigenvalue weighted by atomic mass is 9.81. The summed E-state index contributed by atoms with van der Waals surface area (Å²) < 4.78 is 0. The van der Waals surface area contributed by atoms with Gasteiger partial charge < -0.3 is 9.80 Å². The highest BCUT2D eigenvalue weighted by molar-refractivity contribution is 7.05.